The van der Waals surface area contributed by atoms with Gasteiger partial charge in [0, 0.05) is 13.1 Å². The Kier molecular flexibility index (Phi) is 4.15. The number of phenolic OH excluding ortho intramolecular Hbond substituents is 1. The Labute approximate surface area is 120 Å². The number of hydrogen-bond acceptors (Lipinski definition) is 4. The molecule has 0 saturated carbocycles. The second-order valence-corrected chi connectivity index (χ2v) is 5.63. The highest BCUT2D eigenvalue weighted by Crippen LogP contribution is 2.26. The van der Waals surface area contributed by atoms with Gasteiger partial charge in [-0.3, -0.25) is 4.79 Å². The van der Waals surface area contributed by atoms with Crippen molar-refractivity contribution in [1.82, 2.24) is 4.90 Å². The summed E-state index contributed by atoms with van der Waals surface area (Å²) in [6.45, 7) is 3.47. The number of halogens is 2. The molecule has 1 unspecified atom stereocenters. The summed E-state index contributed by atoms with van der Waals surface area (Å²) in [6.07, 6.45) is -0.581. The molecule has 0 bridgehead atoms. The van der Waals surface area contributed by atoms with Gasteiger partial charge in [0.2, 0.25) is 5.82 Å². The maximum atomic E-state index is 13.8. The average molecular weight is 301 g/mol. The van der Waals surface area contributed by atoms with E-state index in [1.807, 2.05) is 0 Å². The second kappa shape index (κ2) is 5.57. The first-order valence-electron chi connectivity index (χ1n) is 6.50. The first kappa shape index (κ1) is 15.7. The fourth-order valence-corrected chi connectivity index (χ4v) is 2.42. The number of aliphatic hydroxyl groups is 1. The van der Waals surface area contributed by atoms with Gasteiger partial charge < -0.3 is 19.8 Å². The summed E-state index contributed by atoms with van der Waals surface area (Å²) in [5, 5.41) is 18.3. The fraction of sp³-hybridized carbons (Fsp3) is 0.500. The Balaban J connectivity index is 2.29. The van der Waals surface area contributed by atoms with E-state index in [0.29, 0.717) is 0 Å². The number of phenols is 1. The molecular formula is C14H17F2NO4. The van der Waals surface area contributed by atoms with Crippen LogP contribution in [0, 0.1) is 11.6 Å². The van der Waals surface area contributed by atoms with Gasteiger partial charge >= 0.3 is 0 Å². The lowest BCUT2D eigenvalue weighted by atomic mass is 10.0. The number of ether oxygens (including phenoxy) is 1. The van der Waals surface area contributed by atoms with Crippen molar-refractivity contribution in [3.05, 3.63) is 29.3 Å². The third kappa shape index (κ3) is 3.14. The maximum Gasteiger partial charge on any atom is 0.257 e. The van der Waals surface area contributed by atoms with Gasteiger partial charge in [-0.2, -0.15) is 4.39 Å². The number of carbonyl (C=O) groups excluding carboxylic acids is 1. The van der Waals surface area contributed by atoms with Crippen molar-refractivity contribution in [3.8, 4) is 5.75 Å². The quantitative estimate of drug-likeness (QED) is 0.863. The van der Waals surface area contributed by atoms with E-state index in [4.69, 9.17) is 9.84 Å². The standard InChI is InChI=1S/C14H17F2NO4/c1-14(2)7-17(5-8(6-18)21-14)13(20)9-3-4-10(19)12(16)11(9)15/h3-4,8,18-19H,5-7H2,1-2H3. The molecule has 116 valence electrons. The summed E-state index contributed by atoms with van der Waals surface area (Å²) in [6, 6.07) is 1.97. The average Bonchev–Trinajstić information content (AvgIpc) is 2.42. The lowest BCUT2D eigenvalue weighted by Gasteiger charge is -2.42. The normalized spacial score (nSPS) is 21.4. The van der Waals surface area contributed by atoms with Crippen LogP contribution in [-0.2, 0) is 4.74 Å². The topological polar surface area (TPSA) is 70.0 Å². The van der Waals surface area contributed by atoms with Gasteiger partial charge in [-0.25, -0.2) is 4.39 Å². The molecule has 1 amide bonds. The predicted molar refractivity (Wildman–Crippen MR) is 70.0 cm³/mol. The highest BCUT2D eigenvalue weighted by atomic mass is 19.2. The first-order valence-corrected chi connectivity index (χ1v) is 6.50. The van der Waals surface area contributed by atoms with Gasteiger partial charge in [0.05, 0.1) is 23.9 Å². The Morgan fingerprint density at radius 3 is 2.71 bits per heavy atom. The lowest BCUT2D eigenvalue weighted by molar-refractivity contribution is -0.139. The van der Waals surface area contributed by atoms with Crippen molar-refractivity contribution < 1.29 is 28.5 Å². The van der Waals surface area contributed by atoms with E-state index in [2.05, 4.69) is 0 Å². The molecule has 2 N–H and O–H groups in total. The van der Waals surface area contributed by atoms with Gasteiger partial charge in [0.1, 0.15) is 0 Å². The van der Waals surface area contributed by atoms with Crippen LogP contribution in [0.5, 0.6) is 5.75 Å². The van der Waals surface area contributed by atoms with Gasteiger partial charge in [-0.1, -0.05) is 0 Å². The molecule has 0 aliphatic carbocycles. The maximum absolute atomic E-state index is 13.8. The molecule has 1 aromatic rings. The zero-order valence-corrected chi connectivity index (χ0v) is 11.8. The van der Waals surface area contributed by atoms with Crippen LogP contribution in [0.25, 0.3) is 0 Å². The summed E-state index contributed by atoms with van der Waals surface area (Å²) in [4.78, 5) is 13.6. The Morgan fingerprint density at radius 1 is 1.43 bits per heavy atom. The van der Waals surface area contributed by atoms with Crippen molar-refractivity contribution in [3.63, 3.8) is 0 Å². The summed E-state index contributed by atoms with van der Waals surface area (Å²) in [5.41, 5.74) is -1.16. The molecule has 1 aliphatic heterocycles. The van der Waals surface area contributed by atoms with Crippen LogP contribution in [0.15, 0.2) is 12.1 Å². The number of morpholine rings is 1. The van der Waals surface area contributed by atoms with Crippen molar-refractivity contribution >= 4 is 5.91 Å². The SMILES string of the molecule is CC1(C)CN(C(=O)c2ccc(O)c(F)c2F)CC(CO)O1. The van der Waals surface area contributed by atoms with Crippen LogP contribution in [0.1, 0.15) is 24.2 Å². The molecule has 0 radical (unpaired) electrons. The molecule has 1 saturated heterocycles. The van der Waals surface area contributed by atoms with Crippen molar-refractivity contribution in [2.24, 2.45) is 0 Å². The molecule has 2 rings (SSSR count). The molecule has 0 spiro atoms. The third-order valence-electron chi connectivity index (χ3n) is 3.26. The number of benzene rings is 1. The van der Waals surface area contributed by atoms with Crippen LogP contribution < -0.4 is 0 Å². The Morgan fingerprint density at radius 2 is 2.10 bits per heavy atom. The number of rotatable bonds is 2. The molecule has 1 fully saturated rings. The minimum atomic E-state index is -1.45. The second-order valence-electron chi connectivity index (χ2n) is 5.63. The summed E-state index contributed by atoms with van der Waals surface area (Å²) < 4.78 is 32.7. The minimum Gasteiger partial charge on any atom is -0.505 e. The molecule has 21 heavy (non-hydrogen) atoms. The highest BCUT2D eigenvalue weighted by molar-refractivity contribution is 5.94. The molecule has 5 nitrogen and oxygen atoms in total. The molecule has 1 aromatic carbocycles. The van der Waals surface area contributed by atoms with Gasteiger partial charge in [0.15, 0.2) is 11.6 Å². The van der Waals surface area contributed by atoms with E-state index < -0.39 is 40.6 Å². The van der Waals surface area contributed by atoms with Crippen LogP contribution in [0.4, 0.5) is 8.78 Å². The van der Waals surface area contributed by atoms with Crippen LogP contribution in [0.3, 0.4) is 0 Å². The van der Waals surface area contributed by atoms with Gasteiger partial charge in [-0.15, -0.1) is 0 Å². The van der Waals surface area contributed by atoms with Crippen LogP contribution >= 0.6 is 0 Å². The molecule has 1 heterocycles. The summed E-state index contributed by atoms with van der Waals surface area (Å²) in [7, 11) is 0. The zero-order valence-electron chi connectivity index (χ0n) is 11.8. The zero-order chi connectivity index (χ0) is 15.8. The van der Waals surface area contributed by atoms with E-state index in [-0.39, 0.29) is 19.7 Å². The van der Waals surface area contributed by atoms with E-state index in [1.165, 1.54) is 4.90 Å². The largest absolute Gasteiger partial charge is 0.505 e. The van der Waals surface area contributed by atoms with Gasteiger partial charge in [-0.05, 0) is 26.0 Å². The van der Waals surface area contributed by atoms with Crippen molar-refractivity contribution in [1.29, 1.82) is 0 Å². The van der Waals surface area contributed by atoms with Crippen LogP contribution in [-0.4, -0.2) is 52.4 Å². The van der Waals surface area contributed by atoms with E-state index in [1.54, 1.807) is 13.8 Å². The summed E-state index contributed by atoms with van der Waals surface area (Å²) in [5.74, 6) is -4.39. The van der Waals surface area contributed by atoms with E-state index >= 15 is 0 Å². The number of amides is 1. The first-order chi connectivity index (χ1) is 9.75. The van der Waals surface area contributed by atoms with Crippen molar-refractivity contribution in [2.45, 2.75) is 25.6 Å². The highest BCUT2D eigenvalue weighted by Gasteiger charge is 2.36. The Hall–Kier alpha value is -1.73. The Bertz CT molecular complexity index is 562. The van der Waals surface area contributed by atoms with E-state index in [0.717, 1.165) is 12.1 Å². The molecule has 1 aliphatic rings. The fourth-order valence-electron chi connectivity index (χ4n) is 2.42. The number of nitrogens with zero attached hydrogens (tertiary/aromatic N) is 1. The summed E-state index contributed by atoms with van der Waals surface area (Å²) >= 11 is 0. The number of aliphatic hydroxyl groups excluding tert-OH is 1. The molecule has 0 aromatic heterocycles. The van der Waals surface area contributed by atoms with Crippen LogP contribution in [0.2, 0.25) is 0 Å². The minimum absolute atomic E-state index is 0.0840. The predicted octanol–water partition coefficient (Wildman–Crippen LogP) is 1.28. The van der Waals surface area contributed by atoms with Crippen molar-refractivity contribution in [2.75, 3.05) is 19.7 Å². The third-order valence-corrected chi connectivity index (χ3v) is 3.26. The monoisotopic (exact) mass is 301 g/mol. The number of aromatic hydroxyl groups is 1. The molecular weight excluding hydrogens is 284 g/mol. The van der Waals surface area contributed by atoms with E-state index in [9.17, 15) is 18.7 Å². The number of carbonyl (C=O) groups is 1. The number of hydrogen-bond donors (Lipinski definition) is 2. The smallest absolute Gasteiger partial charge is 0.257 e. The molecule has 7 heteroatoms. The molecule has 1 atom stereocenters. The lowest BCUT2D eigenvalue weighted by Crippen LogP contribution is -2.55. The van der Waals surface area contributed by atoms with Gasteiger partial charge in [0.25, 0.3) is 5.91 Å².